The molecule has 1 atom stereocenters. The minimum Gasteiger partial charge on any atom is -0.491 e. The molecule has 10 nitrogen and oxygen atoms in total. The van der Waals surface area contributed by atoms with Gasteiger partial charge in [-0.15, -0.1) is 11.3 Å². The smallest absolute Gasteiger partial charge is 0.348 e. The zero-order chi connectivity index (χ0) is 24.7. The summed E-state index contributed by atoms with van der Waals surface area (Å²) in [6.07, 6.45) is 2.07. The lowest BCUT2D eigenvalue weighted by Crippen LogP contribution is -2.21. The van der Waals surface area contributed by atoms with Gasteiger partial charge >= 0.3 is 17.9 Å². The van der Waals surface area contributed by atoms with Gasteiger partial charge in [-0.1, -0.05) is 0 Å². The van der Waals surface area contributed by atoms with Crippen molar-refractivity contribution in [3.63, 3.8) is 0 Å². The number of hydrogen-bond donors (Lipinski definition) is 1. The van der Waals surface area contributed by atoms with Crippen LogP contribution in [0, 0.1) is 6.92 Å². The molecule has 0 bridgehead atoms. The lowest BCUT2D eigenvalue weighted by Gasteiger charge is -2.11. The van der Waals surface area contributed by atoms with Crippen LogP contribution in [0.1, 0.15) is 48.8 Å². The molecule has 0 aliphatic carbocycles. The van der Waals surface area contributed by atoms with Crippen LogP contribution in [0.2, 0.25) is 0 Å². The van der Waals surface area contributed by atoms with Crippen LogP contribution in [0.3, 0.4) is 0 Å². The second-order valence-electron chi connectivity index (χ2n) is 7.34. The Hall–Kier alpha value is -3.44. The summed E-state index contributed by atoms with van der Waals surface area (Å²) in [6.45, 7) is 2.13. The van der Waals surface area contributed by atoms with Crippen LogP contribution in [0.25, 0.3) is 0 Å². The van der Waals surface area contributed by atoms with E-state index in [1.165, 1.54) is 26.4 Å². The predicted molar refractivity (Wildman–Crippen MR) is 122 cm³/mol. The third-order valence-corrected chi connectivity index (χ3v) is 6.23. The van der Waals surface area contributed by atoms with Crippen molar-refractivity contribution >= 4 is 40.2 Å². The largest absolute Gasteiger partial charge is 0.491 e. The summed E-state index contributed by atoms with van der Waals surface area (Å²) in [5.41, 5.74) is 0.594. The number of esters is 3. The van der Waals surface area contributed by atoms with Gasteiger partial charge in [-0.05, 0) is 49.6 Å². The van der Waals surface area contributed by atoms with Crippen molar-refractivity contribution in [2.24, 2.45) is 0 Å². The number of amides is 1. The average Bonchev–Trinajstić information content (AvgIpc) is 3.48. The summed E-state index contributed by atoms with van der Waals surface area (Å²) < 4.78 is 25.7. The normalized spacial score (nSPS) is 14.9. The Morgan fingerprint density at radius 3 is 2.38 bits per heavy atom. The number of methoxy groups -OCH3 is 2. The number of carbonyl (C=O) groups is 4. The van der Waals surface area contributed by atoms with Gasteiger partial charge in [-0.3, -0.25) is 4.79 Å². The summed E-state index contributed by atoms with van der Waals surface area (Å²) in [6, 6.07) is 6.34. The second kappa shape index (κ2) is 11.6. The fourth-order valence-electron chi connectivity index (χ4n) is 3.27. The summed E-state index contributed by atoms with van der Waals surface area (Å²) >= 11 is 0.866. The molecule has 3 rings (SSSR count). The van der Waals surface area contributed by atoms with E-state index in [4.69, 9.17) is 23.7 Å². The standard InChI is InChI=1S/C23H25NO9S/c1-13-18(22(27)29-2)20(34-19(13)23(28)30-3)24-17(25)12-33-21(26)14-6-8-15(9-7-14)32-11-16-5-4-10-31-16/h6-9,16H,4-5,10-12H2,1-3H3,(H,24,25)/t16-/m0/s1. The van der Waals surface area contributed by atoms with E-state index in [1.54, 1.807) is 19.1 Å². The van der Waals surface area contributed by atoms with Crippen molar-refractivity contribution in [1.82, 2.24) is 0 Å². The molecule has 0 spiro atoms. The van der Waals surface area contributed by atoms with Crippen molar-refractivity contribution in [3.8, 4) is 5.75 Å². The first-order valence-electron chi connectivity index (χ1n) is 10.5. The Labute approximate surface area is 200 Å². The predicted octanol–water partition coefficient (Wildman–Crippen LogP) is 2.98. The summed E-state index contributed by atoms with van der Waals surface area (Å²) in [7, 11) is 2.39. The third kappa shape index (κ3) is 6.12. The Bertz CT molecular complexity index is 1060. The zero-order valence-corrected chi connectivity index (χ0v) is 19.8. The molecule has 0 saturated carbocycles. The molecule has 1 aromatic carbocycles. The monoisotopic (exact) mass is 491 g/mol. The molecule has 2 aromatic rings. The van der Waals surface area contributed by atoms with Gasteiger partial charge in [-0.2, -0.15) is 0 Å². The van der Waals surface area contributed by atoms with Gasteiger partial charge in [0.05, 0.1) is 31.5 Å². The van der Waals surface area contributed by atoms with Gasteiger partial charge in [-0.25, -0.2) is 14.4 Å². The molecule has 1 saturated heterocycles. The molecule has 11 heteroatoms. The molecule has 0 radical (unpaired) electrons. The maximum Gasteiger partial charge on any atom is 0.348 e. The molecule has 1 N–H and O–H groups in total. The first-order chi connectivity index (χ1) is 16.3. The molecular formula is C23H25NO9S. The van der Waals surface area contributed by atoms with Gasteiger partial charge in [0.15, 0.2) is 6.61 Å². The number of anilines is 1. The molecule has 182 valence electrons. The topological polar surface area (TPSA) is 126 Å². The van der Waals surface area contributed by atoms with Crippen molar-refractivity contribution < 1.29 is 42.9 Å². The number of nitrogens with one attached hydrogen (secondary N) is 1. The van der Waals surface area contributed by atoms with Crippen LogP contribution < -0.4 is 10.1 Å². The highest BCUT2D eigenvalue weighted by Gasteiger charge is 2.27. The van der Waals surface area contributed by atoms with Crippen LogP contribution in [0.15, 0.2) is 24.3 Å². The van der Waals surface area contributed by atoms with Gasteiger partial charge in [0.2, 0.25) is 0 Å². The van der Waals surface area contributed by atoms with Crippen LogP contribution in [0.4, 0.5) is 5.00 Å². The van der Waals surface area contributed by atoms with Gasteiger partial charge in [0.25, 0.3) is 5.91 Å². The average molecular weight is 492 g/mol. The van der Waals surface area contributed by atoms with Crippen molar-refractivity contribution in [2.45, 2.75) is 25.9 Å². The molecule has 2 heterocycles. The summed E-state index contributed by atoms with van der Waals surface area (Å²) in [4.78, 5) is 48.9. The van der Waals surface area contributed by atoms with E-state index in [9.17, 15) is 19.2 Å². The van der Waals surface area contributed by atoms with Crippen LogP contribution in [-0.4, -0.2) is 64.0 Å². The van der Waals surface area contributed by atoms with Crippen molar-refractivity contribution in [3.05, 3.63) is 45.8 Å². The van der Waals surface area contributed by atoms with E-state index in [0.29, 0.717) is 17.9 Å². The number of ether oxygens (including phenoxy) is 5. The van der Waals surface area contributed by atoms with Crippen molar-refractivity contribution in [2.75, 3.05) is 39.4 Å². The molecule has 1 fully saturated rings. The molecule has 1 aliphatic heterocycles. The van der Waals surface area contributed by atoms with Crippen LogP contribution in [-0.2, 0) is 23.7 Å². The highest BCUT2D eigenvalue weighted by Crippen LogP contribution is 2.34. The lowest BCUT2D eigenvalue weighted by atomic mass is 10.1. The van der Waals surface area contributed by atoms with E-state index in [1.807, 2.05) is 0 Å². The lowest BCUT2D eigenvalue weighted by molar-refractivity contribution is -0.119. The number of carbonyl (C=O) groups excluding carboxylic acids is 4. The number of rotatable bonds is 9. The van der Waals surface area contributed by atoms with E-state index >= 15 is 0 Å². The Balaban J connectivity index is 1.56. The maximum absolute atomic E-state index is 12.4. The number of thiophene rings is 1. The van der Waals surface area contributed by atoms with E-state index in [-0.39, 0.29) is 27.1 Å². The molecule has 1 aromatic heterocycles. The molecule has 1 amide bonds. The number of benzene rings is 1. The quantitative estimate of drug-likeness (QED) is 0.416. The third-order valence-electron chi connectivity index (χ3n) is 5.04. The van der Waals surface area contributed by atoms with E-state index < -0.39 is 30.4 Å². The Kier molecular flexibility index (Phi) is 8.61. The highest BCUT2D eigenvalue weighted by atomic mass is 32.1. The minimum absolute atomic E-state index is 0.0335. The van der Waals surface area contributed by atoms with Gasteiger partial charge < -0.3 is 29.0 Å². The summed E-state index contributed by atoms with van der Waals surface area (Å²) in [5.74, 6) is -2.17. The molecule has 0 unspecified atom stereocenters. The van der Waals surface area contributed by atoms with Gasteiger partial charge in [0, 0.05) is 6.61 Å². The second-order valence-corrected chi connectivity index (χ2v) is 8.36. The molecule has 1 aliphatic rings. The zero-order valence-electron chi connectivity index (χ0n) is 19.0. The Morgan fingerprint density at radius 1 is 1.06 bits per heavy atom. The Morgan fingerprint density at radius 2 is 1.76 bits per heavy atom. The van der Waals surface area contributed by atoms with E-state index in [2.05, 4.69) is 5.32 Å². The maximum atomic E-state index is 12.4. The number of hydrogen-bond acceptors (Lipinski definition) is 10. The fourth-order valence-corrected chi connectivity index (χ4v) is 4.40. The first kappa shape index (κ1) is 25.2. The highest BCUT2D eigenvalue weighted by molar-refractivity contribution is 7.18. The van der Waals surface area contributed by atoms with E-state index in [0.717, 1.165) is 30.8 Å². The van der Waals surface area contributed by atoms with Gasteiger partial charge in [0.1, 0.15) is 22.2 Å². The molecular weight excluding hydrogens is 466 g/mol. The summed E-state index contributed by atoms with van der Waals surface area (Å²) in [5, 5.41) is 2.58. The fraction of sp³-hybridized carbons (Fsp3) is 0.391. The first-order valence-corrected chi connectivity index (χ1v) is 11.3. The van der Waals surface area contributed by atoms with Crippen LogP contribution in [0.5, 0.6) is 5.75 Å². The molecule has 34 heavy (non-hydrogen) atoms. The van der Waals surface area contributed by atoms with Crippen LogP contribution >= 0.6 is 11.3 Å². The van der Waals surface area contributed by atoms with Crippen molar-refractivity contribution in [1.29, 1.82) is 0 Å². The minimum atomic E-state index is -0.724. The SMILES string of the molecule is COC(=O)c1sc(NC(=O)COC(=O)c2ccc(OC[C@@H]3CCCO3)cc2)c(C(=O)OC)c1C.